The molecule has 0 radical (unpaired) electrons. The van der Waals surface area contributed by atoms with Gasteiger partial charge in [-0.25, -0.2) is 18.6 Å². The second kappa shape index (κ2) is 7.75. The molecule has 0 aromatic carbocycles. The van der Waals surface area contributed by atoms with Gasteiger partial charge in [0.25, 0.3) is 6.43 Å². The molecule has 5 nitrogen and oxygen atoms in total. The maximum atomic E-state index is 13.3. The van der Waals surface area contributed by atoms with Crippen LogP contribution in [0.5, 0.6) is 0 Å². The summed E-state index contributed by atoms with van der Waals surface area (Å²) in [6, 6.07) is 0.605. The van der Waals surface area contributed by atoms with Gasteiger partial charge in [0.15, 0.2) is 5.69 Å². The highest BCUT2D eigenvalue weighted by atomic mass is 19.4. The Morgan fingerprint density at radius 1 is 1.12 bits per heavy atom. The number of nitrogens with zero attached hydrogens (tertiary/aromatic N) is 1. The molecule has 1 heterocycles. The summed E-state index contributed by atoms with van der Waals surface area (Å²) in [5.41, 5.74) is -4.68. The minimum Gasteiger partial charge on any atom is -0.469 e. The summed E-state index contributed by atoms with van der Waals surface area (Å²) in [5.74, 6) is -4.45. The van der Waals surface area contributed by atoms with Crippen LogP contribution < -0.4 is 0 Å². The lowest BCUT2D eigenvalue weighted by molar-refractivity contribution is -0.145. The van der Waals surface area contributed by atoms with Crippen molar-refractivity contribution in [3.8, 4) is 0 Å². The molecule has 25 heavy (non-hydrogen) atoms. The number of methoxy groups -OCH3 is 2. The molecule has 1 unspecified atom stereocenters. The van der Waals surface area contributed by atoms with Crippen molar-refractivity contribution in [1.29, 1.82) is 0 Å². The zero-order valence-electron chi connectivity index (χ0n) is 13.8. The fraction of sp³-hybridized carbons (Fsp3) is 0.533. The van der Waals surface area contributed by atoms with Crippen LogP contribution in [0, 0.1) is 5.92 Å². The van der Waals surface area contributed by atoms with Crippen LogP contribution in [0.3, 0.4) is 0 Å². The quantitative estimate of drug-likeness (QED) is 0.584. The first kappa shape index (κ1) is 20.8. The third kappa shape index (κ3) is 4.43. The molecular weight excluding hydrogens is 353 g/mol. The average molecular weight is 369 g/mol. The summed E-state index contributed by atoms with van der Waals surface area (Å²) in [7, 11) is 1.82. The monoisotopic (exact) mass is 369 g/mol. The van der Waals surface area contributed by atoms with Crippen molar-refractivity contribution in [1.82, 2.24) is 4.98 Å². The molecule has 0 N–H and O–H groups in total. The first-order valence-corrected chi connectivity index (χ1v) is 7.01. The van der Waals surface area contributed by atoms with Gasteiger partial charge in [-0.3, -0.25) is 4.79 Å². The molecule has 0 aliphatic rings. The van der Waals surface area contributed by atoms with Crippen molar-refractivity contribution in [2.75, 3.05) is 14.2 Å². The molecule has 0 saturated carbocycles. The van der Waals surface area contributed by atoms with Crippen LogP contribution >= 0.6 is 0 Å². The molecule has 1 aromatic rings. The van der Waals surface area contributed by atoms with Crippen LogP contribution in [0.4, 0.5) is 22.0 Å². The van der Waals surface area contributed by atoms with Gasteiger partial charge in [0, 0.05) is 0 Å². The van der Waals surface area contributed by atoms with Crippen LogP contribution in [-0.2, 0) is 20.4 Å². The number of ether oxygens (including phenoxy) is 2. The Kier molecular flexibility index (Phi) is 6.44. The molecule has 0 saturated heterocycles. The number of alkyl halides is 5. The predicted molar refractivity (Wildman–Crippen MR) is 75.1 cm³/mol. The number of esters is 2. The zero-order chi connectivity index (χ0) is 19.5. The topological polar surface area (TPSA) is 65.5 Å². The maximum Gasteiger partial charge on any atom is 0.434 e. The molecule has 1 atom stereocenters. The Balaban J connectivity index is 3.92. The van der Waals surface area contributed by atoms with Gasteiger partial charge >= 0.3 is 18.1 Å². The van der Waals surface area contributed by atoms with Crippen molar-refractivity contribution in [3.05, 3.63) is 28.6 Å². The van der Waals surface area contributed by atoms with Crippen LogP contribution in [0.15, 0.2) is 6.07 Å². The average Bonchev–Trinajstić information content (AvgIpc) is 2.51. The van der Waals surface area contributed by atoms with Crippen LogP contribution in [-0.4, -0.2) is 31.1 Å². The smallest absolute Gasteiger partial charge is 0.434 e. The summed E-state index contributed by atoms with van der Waals surface area (Å²) in [4.78, 5) is 26.8. The van der Waals surface area contributed by atoms with E-state index in [2.05, 4.69) is 14.5 Å². The van der Waals surface area contributed by atoms with Gasteiger partial charge in [-0.2, -0.15) is 13.2 Å². The molecule has 1 rings (SSSR count). The number of hydrogen-bond donors (Lipinski definition) is 0. The van der Waals surface area contributed by atoms with E-state index in [9.17, 15) is 31.5 Å². The predicted octanol–water partition coefficient (Wildman–Crippen LogP) is 3.74. The number of pyridine rings is 1. The van der Waals surface area contributed by atoms with E-state index in [4.69, 9.17) is 0 Å². The van der Waals surface area contributed by atoms with Gasteiger partial charge < -0.3 is 9.47 Å². The lowest BCUT2D eigenvalue weighted by Gasteiger charge is -2.23. The number of carbonyl (C=O) groups is 2. The van der Waals surface area contributed by atoms with Crippen molar-refractivity contribution in [2.24, 2.45) is 5.92 Å². The molecule has 10 heteroatoms. The van der Waals surface area contributed by atoms with Crippen molar-refractivity contribution < 1.29 is 41.0 Å². The minimum atomic E-state index is -5.21. The molecule has 0 fully saturated rings. The number of carbonyl (C=O) groups excluding carboxylic acids is 2. The molecule has 0 bridgehead atoms. The highest BCUT2D eigenvalue weighted by Gasteiger charge is 2.43. The van der Waals surface area contributed by atoms with Crippen molar-refractivity contribution in [3.63, 3.8) is 0 Å². The fourth-order valence-electron chi connectivity index (χ4n) is 2.35. The molecule has 0 aliphatic carbocycles. The highest BCUT2D eigenvalue weighted by molar-refractivity contribution is 5.95. The lowest BCUT2D eigenvalue weighted by Crippen LogP contribution is -2.27. The van der Waals surface area contributed by atoms with Gasteiger partial charge in [-0.1, -0.05) is 13.8 Å². The van der Waals surface area contributed by atoms with Gasteiger partial charge in [-0.15, -0.1) is 0 Å². The van der Waals surface area contributed by atoms with E-state index in [0.29, 0.717) is 6.07 Å². The van der Waals surface area contributed by atoms with Gasteiger partial charge in [-0.05, 0) is 17.5 Å². The lowest BCUT2D eigenvalue weighted by atomic mass is 9.84. The van der Waals surface area contributed by atoms with E-state index in [1.165, 1.54) is 13.8 Å². The van der Waals surface area contributed by atoms with Crippen LogP contribution in [0.1, 0.15) is 53.5 Å². The number of halogens is 5. The van der Waals surface area contributed by atoms with Gasteiger partial charge in [0.2, 0.25) is 0 Å². The van der Waals surface area contributed by atoms with Crippen LogP contribution in [0.25, 0.3) is 0 Å². The molecule has 0 amide bonds. The van der Waals surface area contributed by atoms with Gasteiger partial charge in [0.1, 0.15) is 5.69 Å². The summed E-state index contributed by atoms with van der Waals surface area (Å²) in [5, 5.41) is 0. The van der Waals surface area contributed by atoms with E-state index in [1.54, 1.807) is 0 Å². The molecule has 0 aliphatic heterocycles. The molecule has 1 aromatic heterocycles. The summed E-state index contributed by atoms with van der Waals surface area (Å²) < 4.78 is 74.8. The first-order valence-electron chi connectivity index (χ1n) is 7.01. The Morgan fingerprint density at radius 2 is 1.68 bits per heavy atom. The maximum absolute atomic E-state index is 13.3. The van der Waals surface area contributed by atoms with Crippen molar-refractivity contribution >= 4 is 11.9 Å². The van der Waals surface area contributed by atoms with Crippen LogP contribution in [0.2, 0.25) is 0 Å². The van der Waals surface area contributed by atoms with Crippen molar-refractivity contribution in [2.45, 2.75) is 32.4 Å². The second-order valence-corrected chi connectivity index (χ2v) is 5.39. The normalized spacial score (nSPS) is 13.1. The van der Waals surface area contributed by atoms with Gasteiger partial charge in [0.05, 0.1) is 25.7 Å². The number of hydrogen-bond acceptors (Lipinski definition) is 5. The minimum absolute atomic E-state index is 0.564. The second-order valence-electron chi connectivity index (χ2n) is 5.39. The number of rotatable bonds is 5. The standard InChI is InChI=1S/C15H16F5NO4/c1-6(2)9(13(22)24-3)7-5-8(12(16)17)21-11(15(18,19)20)10(7)14(23)25-4/h5-6,9,12H,1-4H3. The molecule has 140 valence electrons. The van der Waals surface area contributed by atoms with E-state index in [1.807, 2.05) is 0 Å². The Hall–Kier alpha value is -2.26. The highest BCUT2D eigenvalue weighted by Crippen LogP contribution is 2.39. The third-order valence-electron chi connectivity index (χ3n) is 3.41. The summed E-state index contributed by atoms with van der Waals surface area (Å²) >= 11 is 0. The number of aromatic nitrogens is 1. The Morgan fingerprint density at radius 3 is 2.04 bits per heavy atom. The third-order valence-corrected chi connectivity index (χ3v) is 3.41. The van der Waals surface area contributed by atoms with E-state index < -0.39 is 58.9 Å². The Labute approximate surface area is 140 Å². The van der Waals surface area contributed by atoms with E-state index in [0.717, 1.165) is 14.2 Å². The Bertz CT molecular complexity index is 658. The largest absolute Gasteiger partial charge is 0.469 e. The zero-order valence-corrected chi connectivity index (χ0v) is 13.8. The van der Waals surface area contributed by atoms with E-state index >= 15 is 0 Å². The first-order chi connectivity index (χ1) is 11.4. The molecule has 0 spiro atoms. The molecular formula is C15H16F5NO4. The summed E-state index contributed by atoms with van der Waals surface area (Å²) in [6.45, 7) is 2.94. The fourth-order valence-corrected chi connectivity index (χ4v) is 2.35. The van der Waals surface area contributed by atoms with E-state index in [-0.39, 0.29) is 0 Å². The SMILES string of the molecule is COC(=O)c1c(C(C(=O)OC)C(C)C)cc(C(F)F)nc1C(F)(F)F. The summed E-state index contributed by atoms with van der Waals surface area (Å²) in [6.07, 6.45) is -8.54.